The number of benzene rings is 1. The first-order valence-electron chi connectivity index (χ1n) is 7.11. The highest BCUT2D eigenvalue weighted by atomic mass is 32.2. The molecule has 0 saturated heterocycles. The Balaban J connectivity index is 2.80. The number of hydrogen-bond acceptors (Lipinski definition) is 2. The molecule has 1 aromatic carbocycles. The number of nitrogens with zero attached hydrogens (tertiary/aromatic N) is 1. The Morgan fingerprint density at radius 3 is 2.23 bits per heavy atom. The van der Waals surface area contributed by atoms with Crippen molar-refractivity contribution in [2.75, 3.05) is 13.1 Å². The van der Waals surface area contributed by atoms with E-state index in [1.54, 1.807) is 0 Å². The van der Waals surface area contributed by atoms with Gasteiger partial charge in [-0.1, -0.05) is 32.0 Å². The Bertz CT molecular complexity index is 568. The first-order chi connectivity index (χ1) is 10.2. The number of rotatable bonds is 8. The SMILES string of the molecule is CCCN(CCC)S(=O)(=O)NCc1cccc(C(F)(F)F)c1. The molecule has 0 radical (unpaired) electrons. The Hall–Kier alpha value is -1.12. The Morgan fingerprint density at radius 2 is 1.73 bits per heavy atom. The maximum atomic E-state index is 12.6. The van der Waals surface area contributed by atoms with Crippen LogP contribution in [0.25, 0.3) is 0 Å². The molecule has 0 atom stereocenters. The van der Waals surface area contributed by atoms with Crippen LogP contribution in [0.2, 0.25) is 0 Å². The molecule has 0 aliphatic rings. The lowest BCUT2D eigenvalue weighted by Crippen LogP contribution is -2.41. The van der Waals surface area contributed by atoms with Crippen LogP contribution in [0.1, 0.15) is 37.8 Å². The molecule has 22 heavy (non-hydrogen) atoms. The molecule has 0 amide bonds. The minimum Gasteiger partial charge on any atom is -0.198 e. The highest BCUT2D eigenvalue weighted by Gasteiger charge is 2.30. The van der Waals surface area contributed by atoms with E-state index in [1.165, 1.54) is 16.4 Å². The van der Waals surface area contributed by atoms with Gasteiger partial charge in [0.15, 0.2) is 0 Å². The van der Waals surface area contributed by atoms with Crippen molar-refractivity contribution in [2.24, 2.45) is 0 Å². The van der Waals surface area contributed by atoms with Crippen LogP contribution in [0.4, 0.5) is 13.2 Å². The first kappa shape index (κ1) is 18.9. The highest BCUT2D eigenvalue weighted by Crippen LogP contribution is 2.29. The second kappa shape index (κ2) is 7.94. The van der Waals surface area contributed by atoms with E-state index in [4.69, 9.17) is 0 Å². The van der Waals surface area contributed by atoms with Crippen LogP contribution in [-0.4, -0.2) is 25.8 Å². The van der Waals surface area contributed by atoms with Gasteiger partial charge in [-0.05, 0) is 24.5 Å². The molecule has 0 bridgehead atoms. The molecule has 0 fully saturated rings. The summed E-state index contributed by atoms with van der Waals surface area (Å²) in [5.74, 6) is 0. The number of nitrogens with one attached hydrogen (secondary N) is 1. The molecule has 8 heteroatoms. The van der Waals surface area contributed by atoms with Gasteiger partial charge in [-0.25, -0.2) is 0 Å². The van der Waals surface area contributed by atoms with E-state index in [0.29, 0.717) is 25.9 Å². The van der Waals surface area contributed by atoms with Gasteiger partial charge in [0.25, 0.3) is 10.2 Å². The molecule has 0 aliphatic carbocycles. The Morgan fingerprint density at radius 1 is 1.14 bits per heavy atom. The minimum absolute atomic E-state index is 0.170. The summed E-state index contributed by atoms with van der Waals surface area (Å²) in [4.78, 5) is 0. The Kier molecular flexibility index (Phi) is 6.83. The fourth-order valence-corrected chi connectivity index (χ4v) is 3.35. The van der Waals surface area contributed by atoms with Crippen molar-refractivity contribution in [3.8, 4) is 0 Å². The third kappa shape index (κ3) is 5.58. The molecule has 0 aliphatic heterocycles. The van der Waals surface area contributed by atoms with Gasteiger partial charge in [-0.15, -0.1) is 0 Å². The number of halogens is 3. The van der Waals surface area contributed by atoms with Crippen LogP contribution in [0.5, 0.6) is 0 Å². The van der Waals surface area contributed by atoms with E-state index in [9.17, 15) is 21.6 Å². The molecular weight excluding hydrogens is 317 g/mol. The van der Waals surface area contributed by atoms with Gasteiger partial charge in [0, 0.05) is 19.6 Å². The van der Waals surface area contributed by atoms with Crippen molar-refractivity contribution >= 4 is 10.2 Å². The van der Waals surface area contributed by atoms with E-state index < -0.39 is 21.9 Å². The molecule has 1 aromatic rings. The predicted octanol–water partition coefficient (Wildman–Crippen LogP) is 3.16. The minimum atomic E-state index is -4.44. The zero-order chi connectivity index (χ0) is 16.8. The molecule has 126 valence electrons. The lowest BCUT2D eigenvalue weighted by Gasteiger charge is -2.21. The van der Waals surface area contributed by atoms with Crippen molar-refractivity contribution < 1.29 is 21.6 Å². The predicted molar refractivity (Wildman–Crippen MR) is 79.4 cm³/mol. The van der Waals surface area contributed by atoms with Crippen molar-refractivity contribution in [1.82, 2.24) is 9.03 Å². The van der Waals surface area contributed by atoms with Crippen LogP contribution >= 0.6 is 0 Å². The molecule has 0 heterocycles. The smallest absolute Gasteiger partial charge is 0.198 e. The highest BCUT2D eigenvalue weighted by molar-refractivity contribution is 7.87. The molecule has 0 spiro atoms. The van der Waals surface area contributed by atoms with Crippen molar-refractivity contribution in [1.29, 1.82) is 0 Å². The summed E-state index contributed by atoms with van der Waals surface area (Å²) in [6.07, 6.45) is -3.10. The monoisotopic (exact) mass is 338 g/mol. The van der Waals surface area contributed by atoms with E-state index in [0.717, 1.165) is 12.1 Å². The molecule has 1 rings (SSSR count). The van der Waals surface area contributed by atoms with Crippen molar-refractivity contribution in [2.45, 2.75) is 39.4 Å². The van der Waals surface area contributed by atoms with Crippen LogP contribution in [0.15, 0.2) is 24.3 Å². The van der Waals surface area contributed by atoms with E-state index in [1.807, 2.05) is 13.8 Å². The van der Waals surface area contributed by atoms with Crippen LogP contribution < -0.4 is 4.72 Å². The third-order valence-electron chi connectivity index (χ3n) is 3.00. The van der Waals surface area contributed by atoms with Crippen LogP contribution in [0, 0.1) is 0 Å². The molecule has 4 nitrogen and oxygen atoms in total. The van der Waals surface area contributed by atoms with Gasteiger partial charge in [-0.3, -0.25) is 0 Å². The van der Waals surface area contributed by atoms with Crippen LogP contribution in [0.3, 0.4) is 0 Å². The lowest BCUT2D eigenvalue weighted by atomic mass is 10.1. The summed E-state index contributed by atoms with van der Waals surface area (Å²) in [6.45, 7) is 4.32. The zero-order valence-corrected chi connectivity index (χ0v) is 13.5. The summed E-state index contributed by atoms with van der Waals surface area (Å²) in [5, 5.41) is 0. The fourth-order valence-electron chi connectivity index (χ4n) is 1.97. The number of hydrogen-bond donors (Lipinski definition) is 1. The lowest BCUT2D eigenvalue weighted by molar-refractivity contribution is -0.137. The van der Waals surface area contributed by atoms with Crippen LogP contribution in [-0.2, 0) is 22.9 Å². The van der Waals surface area contributed by atoms with Crippen molar-refractivity contribution in [3.63, 3.8) is 0 Å². The second-order valence-corrected chi connectivity index (χ2v) is 6.68. The largest absolute Gasteiger partial charge is 0.416 e. The quantitative estimate of drug-likeness (QED) is 0.791. The summed E-state index contributed by atoms with van der Waals surface area (Å²) in [7, 11) is -3.69. The van der Waals surface area contributed by atoms with Gasteiger partial charge in [0.2, 0.25) is 0 Å². The van der Waals surface area contributed by atoms with Gasteiger partial charge >= 0.3 is 6.18 Å². The van der Waals surface area contributed by atoms with E-state index in [-0.39, 0.29) is 12.1 Å². The maximum Gasteiger partial charge on any atom is 0.416 e. The average Bonchev–Trinajstić information content (AvgIpc) is 2.44. The van der Waals surface area contributed by atoms with Gasteiger partial charge < -0.3 is 0 Å². The first-order valence-corrected chi connectivity index (χ1v) is 8.55. The average molecular weight is 338 g/mol. The zero-order valence-electron chi connectivity index (χ0n) is 12.7. The van der Waals surface area contributed by atoms with Gasteiger partial charge in [0.1, 0.15) is 0 Å². The maximum absolute atomic E-state index is 12.6. The summed E-state index contributed by atoms with van der Waals surface area (Å²) < 4.78 is 65.8. The molecule has 0 unspecified atom stereocenters. The van der Waals surface area contributed by atoms with Crippen molar-refractivity contribution in [3.05, 3.63) is 35.4 Å². The second-order valence-electron chi connectivity index (χ2n) is 4.92. The summed E-state index contributed by atoms with van der Waals surface area (Å²) in [6, 6.07) is 4.63. The normalized spacial score (nSPS) is 12.8. The van der Waals surface area contributed by atoms with E-state index in [2.05, 4.69) is 4.72 Å². The Labute approximate surface area is 129 Å². The summed E-state index contributed by atoms with van der Waals surface area (Å²) >= 11 is 0. The third-order valence-corrected chi connectivity index (χ3v) is 4.55. The fraction of sp³-hybridized carbons (Fsp3) is 0.571. The summed E-state index contributed by atoms with van der Waals surface area (Å²) in [5.41, 5.74) is -0.519. The topological polar surface area (TPSA) is 49.4 Å². The molecule has 0 saturated carbocycles. The van der Waals surface area contributed by atoms with Gasteiger partial charge in [-0.2, -0.15) is 30.6 Å². The van der Waals surface area contributed by atoms with E-state index >= 15 is 0 Å². The molecular formula is C14H21F3N2O2S. The molecule has 0 aromatic heterocycles. The molecule has 1 N–H and O–H groups in total. The number of alkyl halides is 3. The van der Waals surface area contributed by atoms with Gasteiger partial charge in [0.05, 0.1) is 5.56 Å². The standard InChI is InChI=1S/C14H21F3N2O2S/c1-3-8-19(9-4-2)22(20,21)18-11-12-6-5-7-13(10-12)14(15,16)17/h5-7,10,18H,3-4,8-9,11H2,1-2H3.